The number of nitrogens with zero attached hydrogens (tertiary/aromatic N) is 2. The van der Waals surface area contributed by atoms with Crippen molar-refractivity contribution in [3.8, 4) is 5.75 Å². The highest BCUT2D eigenvalue weighted by Gasteiger charge is 2.27. The van der Waals surface area contributed by atoms with E-state index in [0.29, 0.717) is 31.9 Å². The number of carbonyl (C=O) groups is 3. The number of ether oxygens (including phenoxy) is 1. The van der Waals surface area contributed by atoms with Crippen molar-refractivity contribution in [3.63, 3.8) is 0 Å². The van der Waals surface area contributed by atoms with Crippen LogP contribution >= 0.6 is 0 Å². The van der Waals surface area contributed by atoms with Gasteiger partial charge in [0, 0.05) is 26.2 Å². The zero-order chi connectivity index (χ0) is 19.8. The van der Waals surface area contributed by atoms with Crippen LogP contribution in [0.2, 0.25) is 0 Å². The Morgan fingerprint density at radius 2 is 1.70 bits per heavy atom. The van der Waals surface area contributed by atoms with Gasteiger partial charge >= 0.3 is 0 Å². The zero-order valence-electron chi connectivity index (χ0n) is 15.9. The highest BCUT2D eigenvalue weighted by atomic mass is 16.5. The van der Waals surface area contributed by atoms with Crippen LogP contribution in [0, 0.1) is 0 Å². The third-order valence-electron chi connectivity index (χ3n) is 4.56. The van der Waals surface area contributed by atoms with Gasteiger partial charge in [-0.2, -0.15) is 0 Å². The average molecular weight is 376 g/mol. The van der Waals surface area contributed by atoms with Crippen molar-refractivity contribution in [2.45, 2.75) is 26.4 Å². The zero-order valence-corrected chi connectivity index (χ0v) is 15.9. The van der Waals surface area contributed by atoms with E-state index >= 15 is 0 Å². The predicted molar refractivity (Wildman–Crippen MR) is 101 cm³/mol. The molecule has 1 saturated heterocycles. The molecule has 8 heteroatoms. The molecule has 1 aliphatic heterocycles. The van der Waals surface area contributed by atoms with E-state index in [1.165, 1.54) is 5.56 Å². The molecule has 1 aromatic rings. The first-order chi connectivity index (χ1) is 12.9. The van der Waals surface area contributed by atoms with Gasteiger partial charge in [0.25, 0.3) is 5.91 Å². The SMILES string of the molecule is CCc1ccc(OC(C)C(=O)N2CCN(C(=O)CNC(=O)CN)CC2)cc1. The van der Waals surface area contributed by atoms with Crippen LogP contribution in [0.1, 0.15) is 19.4 Å². The summed E-state index contributed by atoms with van der Waals surface area (Å²) < 4.78 is 5.75. The maximum atomic E-state index is 12.6. The molecule has 27 heavy (non-hydrogen) atoms. The second kappa shape index (κ2) is 9.91. The standard InChI is InChI=1S/C19H28N4O4/c1-3-15-4-6-16(7-5-15)27-14(2)19(26)23-10-8-22(9-11-23)18(25)13-21-17(24)12-20/h4-7,14H,3,8-13,20H2,1-2H3,(H,21,24). The van der Waals surface area contributed by atoms with E-state index in [1.54, 1.807) is 16.7 Å². The van der Waals surface area contributed by atoms with Gasteiger partial charge in [0.1, 0.15) is 5.75 Å². The molecule has 8 nitrogen and oxygen atoms in total. The van der Waals surface area contributed by atoms with Crippen LogP contribution in [0.15, 0.2) is 24.3 Å². The smallest absolute Gasteiger partial charge is 0.263 e. The number of aryl methyl sites for hydroxylation is 1. The summed E-state index contributed by atoms with van der Waals surface area (Å²) in [6, 6.07) is 7.71. The number of nitrogens with one attached hydrogen (secondary N) is 1. The molecular weight excluding hydrogens is 348 g/mol. The van der Waals surface area contributed by atoms with Gasteiger partial charge in [-0.15, -0.1) is 0 Å². The quantitative estimate of drug-likeness (QED) is 0.683. The Labute approximate surface area is 159 Å². The van der Waals surface area contributed by atoms with E-state index in [2.05, 4.69) is 12.2 Å². The molecule has 1 fully saturated rings. The molecule has 1 heterocycles. The molecule has 1 atom stereocenters. The second-order valence-corrected chi connectivity index (χ2v) is 6.44. The van der Waals surface area contributed by atoms with Crippen LogP contribution < -0.4 is 15.8 Å². The average Bonchev–Trinajstić information content (AvgIpc) is 2.71. The molecule has 0 aliphatic carbocycles. The Kier molecular flexibility index (Phi) is 7.60. The van der Waals surface area contributed by atoms with Crippen molar-refractivity contribution in [2.24, 2.45) is 5.73 Å². The van der Waals surface area contributed by atoms with Crippen molar-refractivity contribution in [2.75, 3.05) is 39.3 Å². The normalized spacial score (nSPS) is 15.2. The van der Waals surface area contributed by atoms with Crippen molar-refractivity contribution in [1.29, 1.82) is 0 Å². The number of rotatable bonds is 7. The van der Waals surface area contributed by atoms with Gasteiger partial charge in [-0.05, 0) is 31.0 Å². The Morgan fingerprint density at radius 3 is 2.26 bits per heavy atom. The summed E-state index contributed by atoms with van der Waals surface area (Å²) in [5.74, 6) is 0.0231. The molecule has 0 bridgehead atoms. The number of amides is 3. The number of hydrogen-bond donors (Lipinski definition) is 2. The number of nitrogens with two attached hydrogens (primary N) is 1. The van der Waals surface area contributed by atoms with Gasteiger partial charge in [0.05, 0.1) is 13.1 Å². The van der Waals surface area contributed by atoms with Gasteiger partial charge in [-0.25, -0.2) is 0 Å². The minimum atomic E-state index is -0.594. The fourth-order valence-electron chi connectivity index (χ4n) is 2.85. The van der Waals surface area contributed by atoms with E-state index < -0.39 is 6.10 Å². The molecule has 3 amide bonds. The molecule has 148 valence electrons. The minimum absolute atomic E-state index is 0.0722. The van der Waals surface area contributed by atoms with Crippen LogP contribution in [0.3, 0.4) is 0 Å². The Morgan fingerprint density at radius 1 is 1.11 bits per heavy atom. The van der Waals surface area contributed by atoms with Crippen LogP contribution in [0.5, 0.6) is 5.75 Å². The lowest BCUT2D eigenvalue weighted by atomic mass is 10.2. The molecule has 0 radical (unpaired) electrons. The second-order valence-electron chi connectivity index (χ2n) is 6.44. The van der Waals surface area contributed by atoms with E-state index in [0.717, 1.165) is 6.42 Å². The number of piperazine rings is 1. The summed E-state index contributed by atoms with van der Waals surface area (Å²) in [6.07, 6.45) is 0.358. The van der Waals surface area contributed by atoms with Crippen LogP contribution in [-0.4, -0.2) is 72.9 Å². The van der Waals surface area contributed by atoms with Gasteiger partial charge in [0.15, 0.2) is 6.10 Å². The summed E-state index contributed by atoms with van der Waals surface area (Å²) in [5.41, 5.74) is 6.41. The summed E-state index contributed by atoms with van der Waals surface area (Å²) in [4.78, 5) is 39.1. The van der Waals surface area contributed by atoms with E-state index in [-0.39, 0.29) is 30.8 Å². The molecule has 1 aliphatic rings. The van der Waals surface area contributed by atoms with Gasteiger partial charge in [0.2, 0.25) is 11.8 Å². The summed E-state index contributed by atoms with van der Waals surface area (Å²) >= 11 is 0. The fourth-order valence-corrected chi connectivity index (χ4v) is 2.85. The van der Waals surface area contributed by atoms with E-state index in [1.807, 2.05) is 24.3 Å². The molecule has 3 N–H and O–H groups in total. The van der Waals surface area contributed by atoms with E-state index in [4.69, 9.17) is 10.5 Å². The first-order valence-electron chi connectivity index (χ1n) is 9.23. The maximum absolute atomic E-state index is 12.6. The summed E-state index contributed by atoms with van der Waals surface area (Å²) in [6.45, 7) is 5.35. The Hall–Kier alpha value is -2.61. The Bertz CT molecular complexity index is 654. The molecule has 1 aromatic carbocycles. The largest absolute Gasteiger partial charge is 0.481 e. The molecule has 0 saturated carbocycles. The minimum Gasteiger partial charge on any atom is -0.481 e. The fraction of sp³-hybridized carbons (Fsp3) is 0.526. The highest BCUT2D eigenvalue weighted by Crippen LogP contribution is 2.15. The van der Waals surface area contributed by atoms with Crippen molar-refractivity contribution >= 4 is 17.7 Å². The molecular formula is C19H28N4O4. The summed E-state index contributed by atoms with van der Waals surface area (Å²) in [5, 5.41) is 2.46. The number of carbonyl (C=O) groups excluding carboxylic acids is 3. The lowest BCUT2D eigenvalue weighted by Gasteiger charge is -2.36. The maximum Gasteiger partial charge on any atom is 0.263 e. The predicted octanol–water partition coefficient (Wildman–Crippen LogP) is -0.238. The Balaban J connectivity index is 1.79. The molecule has 0 aromatic heterocycles. The topological polar surface area (TPSA) is 105 Å². The van der Waals surface area contributed by atoms with Crippen LogP contribution in [-0.2, 0) is 20.8 Å². The van der Waals surface area contributed by atoms with Gasteiger partial charge in [-0.1, -0.05) is 19.1 Å². The number of hydrogen-bond acceptors (Lipinski definition) is 5. The van der Waals surface area contributed by atoms with Gasteiger partial charge < -0.3 is 25.6 Å². The van der Waals surface area contributed by atoms with Crippen LogP contribution in [0.25, 0.3) is 0 Å². The van der Waals surface area contributed by atoms with Crippen molar-refractivity contribution in [1.82, 2.24) is 15.1 Å². The first-order valence-corrected chi connectivity index (χ1v) is 9.23. The third-order valence-corrected chi connectivity index (χ3v) is 4.56. The van der Waals surface area contributed by atoms with Crippen molar-refractivity contribution < 1.29 is 19.1 Å². The number of benzene rings is 1. The molecule has 1 unspecified atom stereocenters. The van der Waals surface area contributed by atoms with E-state index in [9.17, 15) is 14.4 Å². The first kappa shape index (κ1) is 20.7. The lowest BCUT2D eigenvalue weighted by Crippen LogP contribution is -2.54. The molecule has 0 spiro atoms. The monoisotopic (exact) mass is 376 g/mol. The molecule has 2 rings (SSSR count). The van der Waals surface area contributed by atoms with Crippen molar-refractivity contribution in [3.05, 3.63) is 29.8 Å². The van der Waals surface area contributed by atoms with Gasteiger partial charge in [-0.3, -0.25) is 14.4 Å². The summed E-state index contributed by atoms with van der Waals surface area (Å²) in [7, 11) is 0. The van der Waals surface area contributed by atoms with Crippen LogP contribution in [0.4, 0.5) is 0 Å². The lowest BCUT2D eigenvalue weighted by molar-refractivity contribution is -0.143. The third kappa shape index (κ3) is 5.96. The highest BCUT2D eigenvalue weighted by molar-refractivity contribution is 5.86.